The Labute approximate surface area is 230 Å². The molecule has 5 rings (SSSR count). The van der Waals surface area contributed by atoms with Gasteiger partial charge in [-0.3, -0.25) is 19.4 Å². The molecule has 0 amide bonds. The molecule has 0 aliphatic carbocycles. The van der Waals surface area contributed by atoms with Gasteiger partial charge in [0.1, 0.15) is 23.0 Å². The highest BCUT2D eigenvalue weighted by Crippen LogP contribution is 2.31. The summed E-state index contributed by atoms with van der Waals surface area (Å²) in [5, 5.41) is 3.74. The minimum Gasteiger partial charge on any atom is -0.394 e. The lowest BCUT2D eigenvalue weighted by molar-refractivity contribution is 0.0607. The van der Waals surface area contributed by atoms with Crippen LogP contribution in [0.2, 0.25) is 10.0 Å². The summed E-state index contributed by atoms with van der Waals surface area (Å²) < 4.78 is 14.2. The van der Waals surface area contributed by atoms with Crippen LogP contribution in [0, 0.1) is 5.82 Å². The van der Waals surface area contributed by atoms with E-state index in [1.165, 1.54) is 6.07 Å². The number of nitrogen functional groups attached to an aromatic ring is 1. The van der Waals surface area contributed by atoms with Gasteiger partial charge in [0.15, 0.2) is 0 Å². The average molecular weight is 561 g/mol. The molecule has 2 fully saturated rings. The number of nitrogens with zero attached hydrogens (tertiary/aromatic N) is 4. The maximum Gasteiger partial charge on any atom is 0.253 e. The van der Waals surface area contributed by atoms with Crippen molar-refractivity contribution in [2.45, 2.75) is 44.8 Å². The van der Waals surface area contributed by atoms with Crippen LogP contribution >= 0.6 is 23.2 Å². The van der Waals surface area contributed by atoms with Crippen LogP contribution in [0.1, 0.15) is 31.7 Å². The van der Waals surface area contributed by atoms with Gasteiger partial charge in [-0.15, -0.1) is 0 Å². The summed E-state index contributed by atoms with van der Waals surface area (Å²) in [6, 6.07) is 7.46. The Morgan fingerprint density at radius 2 is 1.87 bits per heavy atom. The zero-order valence-corrected chi connectivity index (χ0v) is 22.7. The van der Waals surface area contributed by atoms with Crippen molar-refractivity contribution in [3.8, 4) is 0 Å². The van der Waals surface area contributed by atoms with Crippen LogP contribution in [-0.2, 0) is 6.54 Å². The van der Waals surface area contributed by atoms with E-state index in [9.17, 15) is 14.0 Å². The van der Waals surface area contributed by atoms with E-state index in [1.54, 1.807) is 24.4 Å². The number of nitrogens with two attached hydrogens (primary N) is 1. The topological polar surface area (TPSA) is 94.8 Å². The highest BCUT2D eigenvalue weighted by Gasteiger charge is 2.34. The fraction of sp³-hybridized carbons (Fsp3) is 0.444. The van der Waals surface area contributed by atoms with Crippen molar-refractivity contribution in [2.75, 3.05) is 48.7 Å². The zero-order valence-electron chi connectivity index (χ0n) is 21.2. The van der Waals surface area contributed by atoms with Crippen LogP contribution in [0.15, 0.2) is 40.1 Å². The molecule has 2 aromatic carbocycles. The van der Waals surface area contributed by atoms with Crippen molar-refractivity contribution in [3.05, 3.63) is 72.3 Å². The standard InChI is InChI=1S/C27H31Cl2FN6O2/c1-2-19-15-35(27-21(29)12-18(13-32-27)33-24-23(31)25(37)26(24)38)9-10-36(19)20-5-7-34(8-6-20)14-16-3-4-17(28)11-22(16)30/h3-4,11-13,19-20,33H,2,5-10,14-15,31H2,1H3/t19-/m0/s1. The molecule has 2 saturated heterocycles. The highest BCUT2D eigenvalue weighted by molar-refractivity contribution is 6.33. The normalized spacial score (nSPS) is 19.8. The molecule has 3 N–H and O–H groups in total. The highest BCUT2D eigenvalue weighted by atomic mass is 35.5. The summed E-state index contributed by atoms with van der Waals surface area (Å²) in [6.07, 6.45) is 4.70. The van der Waals surface area contributed by atoms with Crippen molar-refractivity contribution in [1.82, 2.24) is 14.8 Å². The fourth-order valence-corrected chi connectivity index (χ4v) is 6.06. The van der Waals surface area contributed by atoms with E-state index in [2.05, 4.69) is 31.9 Å². The number of rotatable bonds is 7. The van der Waals surface area contributed by atoms with Gasteiger partial charge in [-0.25, -0.2) is 9.37 Å². The number of benzene rings is 1. The number of pyridine rings is 1. The smallest absolute Gasteiger partial charge is 0.253 e. The molecule has 2 aliphatic rings. The summed E-state index contributed by atoms with van der Waals surface area (Å²) >= 11 is 12.5. The van der Waals surface area contributed by atoms with Gasteiger partial charge >= 0.3 is 0 Å². The van der Waals surface area contributed by atoms with Gasteiger partial charge in [-0.05, 0) is 50.6 Å². The Bertz CT molecular complexity index is 1390. The summed E-state index contributed by atoms with van der Waals surface area (Å²) in [7, 11) is 0. The van der Waals surface area contributed by atoms with Gasteiger partial charge in [-0.2, -0.15) is 0 Å². The number of halogens is 3. The number of aromatic nitrogens is 1. The molecule has 0 saturated carbocycles. The first-order valence-corrected chi connectivity index (χ1v) is 13.7. The molecule has 11 heteroatoms. The van der Waals surface area contributed by atoms with E-state index in [-0.39, 0.29) is 17.2 Å². The summed E-state index contributed by atoms with van der Waals surface area (Å²) in [4.78, 5) is 34.8. The molecule has 3 heterocycles. The molecule has 3 aromatic rings. The maximum absolute atomic E-state index is 14.2. The molecule has 2 aliphatic heterocycles. The first-order chi connectivity index (χ1) is 18.2. The zero-order chi connectivity index (χ0) is 27.0. The maximum atomic E-state index is 14.2. The number of piperazine rings is 1. The lowest BCUT2D eigenvalue weighted by Gasteiger charge is -2.47. The summed E-state index contributed by atoms with van der Waals surface area (Å²) in [5.74, 6) is 0.457. The van der Waals surface area contributed by atoms with Gasteiger partial charge in [-0.1, -0.05) is 36.2 Å². The van der Waals surface area contributed by atoms with E-state index in [0.717, 1.165) is 52.0 Å². The Balaban J connectivity index is 1.18. The van der Waals surface area contributed by atoms with Crippen molar-refractivity contribution in [2.24, 2.45) is 0 Å². The number of hydrogen-bond acceptors (Lipinski definition) is 8. The van der Waals surface area contributed by atoms with Crippen molar-refractivity contribution in [1.29, 1.82) is 0 Å². The molecule has 202 valence electrons. The third kappa shape index (κ3) is 5.38. The monoisotopic (exact) mass is 560 g/mol. The number of likely N-dealkylation sites (tertiary alicyclic amines) is 1. The molecule has 1 aromatic heterocycles. The van der Waals surface area contributed by atoms with Gasteiger partial charge in [0, 0.05) is 48.8 Å². The number of nitrogens with one attached hydrogen (secondary N) is 1. The molecule has 8 nitrogen and oxygen atoms in total. The Hall–Kier alpha value is -2.72. The summed E-state index contributed by atoms with van der Waals surface area (Å²) in [6.45, 7) is 7.20. The third-order valence-electron chi connectivity index (χ3n) is 7.77. The van der Waals surface area contributed by atoms with Crippen molar-refractivity contribution < 1.29 is 4.39 Å². The Kier molecular flexibility index (Phi) is 7.90. The predicted molar refractivity (Wildman–Crippen MR) is 151 cm³/mol. The van der Waals surface area contributed by atoms with Crippen molar-refractivity contribution in [3.63, 3.8) is 0 Å². The van der Waals surface area contributed by atoms with Gasteiger partial charge in [0.05, 0.1) is 16.9 Å². The van der Waals surface area contributed by atoms with Crippen LogP contribution in [0.4, 0.5) is 27.3 Å². The lowest BCUT2D eigenvalue weighted by atomic mass is 9.97. The molecule has 0 unspecified atom stereocenters. The largest absolute Gasteiger partial charge is 0.394 e. The number of hydrogen-bond donors (Lipinski definition) is 2. The molecule has 38 heavy (non-hydrogen) atoms. The minimum absolute atomic E-state index is 0.0694. The second-order valence-corrected chi connectivity index (χ2v) is 10.9. The SMILES string of the molecule is CC[C@H]1CN(c2ncc(Nc3c(N)c(=O)c3=O)cc2Cl)CCN1C1CCN(Cc2ccc(Cl)cc2F)CC1. The second-order valence-electron chi connectivity index (χ2n) is 10.1. The third-order valence-corrected chi connectivity index (χ3v) is 8.29. The van der Waals surface area contributed by atoms with Gasteiger partial charge in [0.2, 0.25) is 0 Å². The Morgan fingerprint density at radius 3 is 2.53 bits per heavy atom. The predicted octanol–water partition coefficient (Wildman–Crippen LogP) is 4.01. The molecule has 0 radical (unpaired) electrons. The Morgan fingerprint density at radius 1 is 1.11 bits per heavy atom. The van der Waals surface area contributed by atoms with Crippen molar-refractivity contribution >= 4 is 46.1 Å². The first-order valence-electron chi connectivity index (χ1n) is 12.9. The molecular weight excluding hydrogens is 530 g/mol. The van der Waals surface area contributed by atoms with Crippen LogP contribution in [0.3, 0.4) is 0 Å². The van der Waals surface area contributed by atoms with E-state index in [1.807, 2.05) is 0 Å². The van der Waals surface area contributed by atoms with Crippen LogP contribution in [-0.4, -0.2) is 59.6 Å². The molecule has 0 spiro atoms. The summed E-state index contributed by atoms with van der Waals surface area (Å²) in [5.41, 5.74) is 5.51. The lowest BCUT2D eigenvalue weighted by Crippen LogP contribution is -2.58. The number of piperidine rings is 1. The number of anilines is 4. The van der Waals surface area contributed by atoms with E-state index in [0.29, 0.717) is 45.7 Å². The van der Waals surface area contributed by atoms with E-state index >= 15 is 0 Å². The molecule has 1 atom stereocenters. The fourth-order valence-electron chi connectivity index (χ4n) is 5.62. The average Bonchev–Trinajstić information content (AvgIpc) is 2.93. The van der Waals surface area contributed by atoms with Crippen LogP contribution < -0.4 is 26.8 Å². The quantitative estimate of drug-likeness (QED) is 0.418. The van der Waals surface area contributed by atoms with Crippen LogP contribution in [0.25, 0.3) is 0 Å². The molecule has 0 bridgehead atoms. The van der Waals surface area contributed by atoms with Crippen LogP contribution in [0.5, 0.6) is 0 Å². The van der Waals surface area contributed by atoms with E-state index in [4.69, 9.17) is 28.9 Å². The first kappa shape index (κ1) is 26.9. The molecular formula is C27H31Cl2FN6O2. The van der Waals surface area contributed by atoms with Gasteiger partial charge in [0.25, 0.3) is 10.9 Å². The minimum atomic E-state index is -0.673. The van der Waals surface area contributed by atoms with E-state index < -0.39 is 10.9 Å². The van der Waals surface area contributed by atoms with Gasteiger partial charge < -0.3 is 16.0 Å². The second kappa shape index (κ2) is 11.2.